The van der Waals surface area contributed by atoms with Gasteiger partial charge in [0.05, 0.1) is 17.8 Å². The fraction of sp³-hybridized carbons (Fsp3) is 0.842. The Kier molecular flexibility index (Phi) is 4.25. The second-order valence-electron chi connectivity index (χ2n) is 8.53. The highest BCUT2D eigenvalue weighted by molar-refractivity contribution is 5.96. The molecule has 2 saturated carbocycles. The number of esters is 3. The first-order valence-electron chi connectivity index (χ1n) is 9.14. The molecular weight excluding hydrogens is 308 g/mol. The highest BCUT2D eigenvalue weighted by Gasteiger charge is 2.60. The van der Waals surface area contributed by atoms with Crippen molar-refractivity contribution in [2.45, 2.75) is 59.5 Å². The predicted molar refractivity (Wildman–Crippen MR) is 86.6 cm³/mol. The van der Waals surface area contributed by atoms with Gasteiger partial charge in [0, 0.05) is 0 Å². The van der Waals surface area contributed by atoms with E-state index in [1.54, 1.807) is 6.92 Å². The summed E-state index contributed by atoms with van der Waals surface area (Å²) >= 11 is 0. The maximum atomic E-state index is 12.7. The summed E-state index contributed by atoms with van der Waals surface area (Å²) in [5, 5.41) is 0. The third-order valence-corrected chi connectivity index (χ3v) is 6.82. The summed E-state index contributed by atoms with van der Waals surface area (Å²) in [6, 6.07) is 0. The number of hydrogen-bond acceptors (Lipinski definition) is 5. The van der Waals surface area contributed by atoms with Crippen molar-refractivity contribution in [1.82, 2.24) is 0 Å². The lowest BCUT2D eigenvalue weighted by atomic mass is 9.66. The van der Waals surface area contributed by atoms with Crippen LogP contribution in [-0.2, 0) is 23.9 Å². The van der Waals surface area contributed by atoms with E-state index in [9.17, 15) is 14.4 Å². The molecule has 5 nitrogen and oxygen atoms in total. The fourth-order valence-electron chi connectivity index (χ4n) is 5.06. The van der Waals surface area contributed by atoms with Crippen LogP contribution in [0.15, 0.2) is 0 Å². The first kappa shape index (κ1) is 17.4. The summed E-state index contributed by atoms with van der Waals surface area (Å²) in [5.41, 5.74) is -0.463. The molecule has 0 aromatic carbocycles. The minimum atomic E-state index is -0.463. The van der Waals surface area contributed by atoms with Gasteiger partial charge in [-0.05, 0) is 56.8 Å². The summed E-state index contributed by atoms with van der Waals surface area (Å²) in [6.45, 7) is 9.77. The van der Waals surface area contributed by atoms with Gasteiger partial charge >= 0.3 is 17.9 Å². The average Bonchev–Trinajstić information content (AvgIpc) is 3.13. The Labute approximate surface area is 143 Å². The highest BCUT2D eigenvalue weighted by atomic mass is 16.6. The molecule has 24 heavy (non-hydrogen) atoms. The number of cyclic esters (lactones) is 2. The van der Waals surface area contributed by atoms with Crippen molar-refractivity contribution in [3.05, 3.63) is 0 Å². The molecule has 0 aromatic heterocycles. The minimum absolute atomic E-state index is 0.0417. The van der Waals surface area contributed by atoms with Crippen LogP contribution < -0.4 is 0 Å². The number of carbonyl (C=O) groups excluding carboxylic acids is 3. The number of hydrogen-bond donors (Lipinski definition) is 0. The summed E-state index contributed by atoms with van der Waals surface area (Å²) in [4.78, 5) is 36.7. The van der Waals surface area contributed by atoms with Crippen molar-refractivity contribution in [3.8, 4) is 0 Å². The largest absolute Gasteiger partial charge is 0.459 e. The zero-order valence-corrected chi connectivity index (χ0v) is 15.2. The second-order valence-corrected chi connectivity index (χ2v) is 8.53. The summed E-state index contributed by atoms with van der Waals surface area (Å²) in [6.07, 6.45) is 2.55. The van der Waals surface area contributed by atoms with E-state index in [0.29, 0.717) is 11.8 Å². The molecule has 0 aromatic rings. The van der Waals surface area contributed by atoms with Crippen molar-refractivity contribution in [2.75, 3.05) is 0 Å². The Morgan fingerprint density at radius 1 is 1.21 bits per heavy atom. The Morgan fingerprint density at radius 2 is 1.88 bits per heavy atom. The van der Waals surface area contributed by atoms with E-state index in [4.69, 9.17) is 9.47 Å². The normalized spacial score (nSPS) is 41.6. The fourth-order valence-corrected chi connectivity index (χ4v) is 5.06. The third kappa shape index (κ3) is 2.66. The molecule has 2 bridgehead atoms. The second kappa shape index (κ2) is 5.85. The molecule has 5 heteroatoms. The van der Waals surface area contributed by atoms with Gasteiger partial charge in [0.25, 0.3) is 0 Å². The van der Waals surface area contributed by atoms with Gasteiger partial charge in [-0.25, -0.2) is 0 Å². The smallest absolute Gasteiger partial charge is 0.317 e. The number of rotatable bonds is 4. The SMILES string of the molecule is CCC(C)(C)OC(=O)C1CC2CC1C(C1C(=O)OC(=O)C1C)C2C. The van der Waals surface area contributed by atoms with Gasteiger partial charge in [0.2, 0.25) is 0 Å². The maximum absolute atomic E-state index is 12.7. The van der Waals surface area contributed by atoms with Gasteiger partial charge in [0.1, 0.15) is 5.60 Å². The molecule has 0 N–H and O–H groups in total. The van der Waals surface area contributed by atoms with Crippen LogP contribution in [0.3, 0.4) is 0 Å². The van der Waals surface area contributed by atoms with Crippen molar-refractivity contribution in [1.29, 1.82) is 0 Å². The molecule has 1 aliphatic heterocycles. The van der Waals surface area contributed by atoms with E-state index in [1.807, 2.05) is 20.8 Å². The van der Waals surface area contributed by atoms with Crippen LogP contribution in [0.2, 0.25) is 0 Å². The van der Waals surface area contributed by atoms with Gasteiger partial charge in [-0.15, -0.1) is 0 Å². The first-order valence-corrected chi connectivity index (χ1v) is 9.14. The van der Waals surface area contributed by atoms with Crippen LogP contribution in [0.4, 0.5) is 0 Å². The van der Waals surface area contributed by atoms with Crippen LogP contribution in [0, 0.1) is 41.4 Å². The number of carbonyl (C=O) groups is 3. The molecule has 3 aliphatic rings. The molecule has 1 heterocycles. The quantitative estimate of drug-likeness (QED) is 0.583. The van der Waals surface area contributed by atoms with Crippen molar-refractivity contribution in [3.63, 3.8) is 0 Å². The van der Waals surface area contributed by atoms with E-state index < -0.39 is 29.4 Å². The lowest BCUT2D eigenvalue weighted by Gasteiger charge is -2.37. The maximum Gasteiger partial charge on any atom is 0.317 e. The van der Waals surface area contributed by atoms with Crippen LogP contribution in [0.1, 0.15) is 53.9 Å². The number of ether oxygens (including phenoxy) is 2. The molecule has 7 unspecified atom stereocenters. The van der Waals surface area contributed by atoms with Gasteiger partial charge < -0.3 is 9.47 Å². The molecule has 3 rings (SSSR count). The molecule has 0 amide bonds. The molecule has 7 atom stereocenters. The highest BCUT2D eigenvalue weighted by Crippen LogP contribution is 2.59. The Morgan fingerprint density at radius 3 is 2.38 bits per heavy atom. The van der Waals surface area contributed by atoms with Crippen LogP contribution in [0.5, 0.6) is 0 Å². The van der Waals surface area contributed by atoms with E-state index in [2.05, 4.69) is 6.92 Å². The standard InChI is InChI=1S/C19H28O5/c1-6-19(4,5)24-17(21)13-8-11-7-12(13)14(9(11)2)15-10(3)16(20)23-18(15)22/h9-15H,6-8H2,1-5H3. The van der Waals surface area contributed by atoms with E-state index >= 15 is 0 Å². The van der Waals surface area contributed by atoms with Crippen LogP contribution in [0.25, 0.3) is 0 Å². The summed E-state index contributed by atoms with van der Waals surface area (Å²) in [5.74, 6) is -1.01. The summed E-state index contributed by atoms with van der Waals surface area (Å²) in [7, 11) is 0. The van der Waals surface area contributed by atoms with Crippen LogP contribution >= 0.6 is 0 Å². The first-order chi connectivity index (χ1) is 11.2. The monoisotopic (exact) mass is 336 g/mol. The average molecular weight is 336 g/mol. The Hall–Kier alpha value is -1.39. The molecular formula is C19H28O5. The van der Waals surface area contributed by atoms with Crippen molar-refractivity contribution in [2.24, 2.45) is 41.4 Å². The Bertz CT molecular complexity index is 566. The summed E-state index contributed by atoms with van der Waals surface area (Å²) < 4.78 is 10.6. The number of fused-ring (bicyclic) bond motifs is 2. The van der Waals surface area contributed by atoms with Gasteiger partial charge in [-0.2, -0.15) is 0 Å². The van der Waals surface area contributed by atoms with Gasteiger partial charge in [0.15, 0.2) is 0 Å². The van der Waals surface area contributed by atoms with Gasteiger partial charge in [-0.1, -0.05) is 20.8 Å². The van der Waals surface area contributed by atoms with E-state index in [-0.39, 0.29) is 23.7 Å². The molecule has 3 fully saturated rings. The molecule has 1 saturated heterocycles. The van der Waals surface area contributed by atoms with E-state index in [0.717, 1.165) is 19.3 Å². The Balaban J connectivity index is 1.79. The lowest BCUT2D eigenvalue weighted by molar-refractivity contribution is -0.166. The van der Waals surface area contributed by atoms with E-state index in [1.165, 1.54) is 0 Å². The predicted octanol–water partition coefficient (Wildman–Crippen LogP) is 2.96. The molecule has 134 valence electrons. The lowest BCUT2D eigenvalue weighted by Crippen LogP contribution is -2.41. The van der Waals surface area contributed by atoms with Crippen molar-refractivity contribution < 1.29 is 23.9 Å². The third-order valence-electron chi connectivity index (χ3n) is 6.82. The molecule has 0 radical (unpaired) electrons. The van der Waals surface area contributed by atoms with Gasteiger partial charge in [-0.3, -0.25) is 14.4 Å². The van der Waals surface area contributed by atoms with Crippen molar-refractivity contribution >= 4 is 17.9 Å². The zero-order valence-electron chi connectivity index (χ0n) is 15.2. The molecule has 0 spiro atoms. The topological polar surface area (TPSA) is 69.7 Å². The zero-order chi connectivity index (χ0) is 17.8. The minimum Gasteiger partial charge on any atom is -0.459 e. The van der Waals surface area contributed by atoms with Crippen LogP contribution in [-0.4, -0.2) is 23.5 Å². The molecule has 2 aliphatic carbocycles.